The van der Waals surface area contributed by atoms with Crippen LogP contribution < -0.4 is 5.32 Å². The topological polar surface area (TPSA) is 41.6 Å². The minimum absolute atomic E-state index is 0.0407. The van der Waals surface area contributed by atoms with Gasteiger partial charge in [-0.1, -0.05) is 27.7 Å². The molecule has 1 saturated heterocycles. The van der Waals surface area contributed by atoms with Gasteiger partial charge in [-0.15, -0.1) is 0 Å². The highest BCUT2D eigenvalue weighted by atomic mass is 16.5. The van der Waals surface area contributed by atoms with E-state index < -0.39 is 0 Å². The molecule has 1 aliphatic rings. The summed E-state index contributed by atoms with van der Waals surface area (Å²) in [6, 6.07) is 0.201. The van der Waals surface area contributed by atoms with E-state index in [0.29, 0.717) is 5.92 Å². The lowest BCUT2D eigenvalue weighted by Gasteiger charge is -2.44. The van der Waals surface area contributed by atoms with Crippen molar-refractivity contribution in [1.82, 2.24) is 10.2 Å². The van der Waals surface area contributed by atoms with Crippen LogP contribution in [0.25, 0.3) is 0 Å². The first-order chi connectivity index (χ1) is 8.74. The summed E-state index contributed by atoms with van der Waals surface area (Å²) >= 11 is 0. The number of hydrogen-bond acceptors (Lipinski definition) is 3. The first-order valence-corrected chi connectivity index (χ1v) is 7.37. The van der Waals surface area contributed by atoms with Crippen LogP contribution in [-0.4, -0.2) is 48.7 Å². The van der Waals surface area contributed by atoms with Crippen LogP contribution in [0.4, 0.5) is 0 Å². The zero-order valence-electron chi connectivity index (χ0n) is 13.3. The zero-order chi connectivity index (χ0) is 14.6. The molecule has 1 rings (SSSR count). The maximum absolute atomic E-state index is 11.9. The number of amides is 1. The summed E-state index contributed by atoms with van der Waals surface area (Å²) in [4.78, 5) is 14.3. The fourth-order valence-corrected chi connectivity index (χ4v) is 2.24. The Labute approximate surface area is 117 Å². The van der Waals surface area contributed by atoms with Crippen molar-refractivity contribution in [3.8, 4) is 0 Å². The molecular weight excluding hydrogens is 240 g/mol. The Kier molecular flexibility index (Phi) is 5.81. The first-order valence-electron chi connectivity index (χ1n) is 7.37. The van der Waals surface area contributed by atoms with E-state index in [4.69, 9.17) is 4.74 Å². The van der Waals surface area contributed by atoms with Crippen LogP contribution in [0.2, 0.25) is 0 Å². The summed E-state index contributed by atoms with van der Waals surface area (Å²) in [6.45, 7) is 16.0. The number of carbonyl (C=O) groups excluding carboxylic acids is 1. The largest absolute Gasteiger partial charge is 0.378 e. The molecule has 1 amide bonds. The van der Waals surface area contributed by atoms with E-state index in [-0.39, 0.29) is 23.4 Å². The highest BCUT2D eigenvalue weighted by Crippen LogP contribution is 2.20. The van der Waals surface area contributed by atoms with Gasteiger partial charge in [0.25, 0.3) is 0 Å². The third-order valence-electron chi connectivity index (χ3n) is 3.89. The zero-order valence-corrected chi connectivity index (χ0v) is 13.3. The van der Waals surface area contributed by atoms with E-state index >= 15 is 0 Å². The van der Waals surface area contributed by atoms with E-state index in [9.17, 15) is 4.79 Å². The summed E-state index contributed by atoms with van der Waals surface area (Å²) in [7, 11) is 0. The lowest BCUT2D eigenvalue weighted by Crippen LogP contribution is -2.58. The Hall–Kier alpha value is -0.610. The van der Waals surface area contributed by atoms with Gasteiger partial charge in [-0.05, 0) is 19.8 Å². The molecule has 112 valence electrons. The van der Waals surface area contributed by atoms with Gasteiger partial charge >= 0.3 is 0 Å². The van der Waals surface area contributed by atoms with Gasteiger partial charge < -0.3 is 10.1 Å². The Morgan fingerprint density at radius 3 is 2.42 bits per heavy atom. The number of carbonyl (C=O) groups is 1. The van der Waals surface area contributed by atoms with Crippen LogP contribution in [0.3, 0.4) is 0 Å². The van der Waals surface area contributed by atoms with Crippen LogP contribution in [0, 0.1) is 11.8 Å². The number of hydrogen-bond donors (Lipinski definition) is 1. The minimum atomic E-state index is 0.0407. The van der Waals surface area contributed by atoms with Gasteiger partial charge in [-0.25, -0.2) is 0 Å². The second-order valence-corrected chi connectivity index (χ2v) is 6.82. The molecule has 0 aliphatic carbocycles. The SMILES string of the molecule is CC(C)C(=O)N[C@@H](CN1CCOCC1(C)C)C(C)C. The van der Waals surface area contributed by atoms with Gasteiger partial charge in [0.1, 0.15) is 0 Å². The molecule has 0 aromatic heterocycles. The van der Waals surface area contributed by atoms with Crippen molar-refractivity contribution in [2.24, 2.45) is 11.8 Å². The molecular formula is C15H30N2O2. The molecule has 0 aromatic rings. The molecule has 0 spiro atoms. The second kappa shape index (κ2) is 6.71. The monoisotopic (exact) mass is 270 g/mol. The minimum Gasteiger partial charge on any atom is -0.378 e. The van der Waals surface area contributed by atoms with Crippen LogP contribution in [0.5, 0.6) is 0 Å². The molecule has 4 nitrogen and oxygen atoms in total. The number of nitrogens with zero attached hydrogens (tertiary/aromatic N) is 1. The molecule has 1 N–H and O–H groups in total. The smallest absolute Gasteiger partial charge is 0.222 e. The van der Waals surface area contributed by atoms with Crippen LogP contribution in [-0.2, 0) is 9.53 Å². The molecule has 0 saturated carbocycles. The van der Waals surface area contributed by atoms with Crippen LogP contribution in [0.1, 0.15) is 41.5 Å². The lowest BCUT2D eigenvalue weighted by molar-refractivity contribution is -0.125. The molecule has 1 heterocycles. The van der Waals surface area contributed by atoms with Crippen molar-refractivity contribution in [2.75, 3.05) is 26.3 Å². The summed E-state index contributed by atoms with van der Waals surface area (Å²) in [5.74, 6) is 0.616. The van der Waals surface area contributed by atoms with Crippen molar-refractivity contribution in [3.63, 3.8) is 0 Å². The van der Waals surface area contributed by atoms with Gasteiger partial charge in [-0.2, -0.15) is 0 Å². The number of ether oxygens (including phenoxy) is 1. The highest BCUT2D eigenvalue weighted by molar-refractivity contribution is 5.78. The Bertz CT molecular complexity index is 301. The molecule has 1 atom stereocenters. The average Bonchev–Trinajstić information content (AvgIpc) is 2.29. The quantitative estimate of drug-likeness (QED) is 0.829. The maximum atomic E-state index is 11.9. The first kappa shape index (κ1) is 16.4. The summed E-state index contributed by atoms with van der Waals surface area (Å²) in [6.07, 6.45) is 0. The Balaban J connectivity index is 2.65. The Morgan fingerprint density at radius 1 is 1.32 bits per heavy atom. The van der Waals surface area contributed by atoms with E-state index in [2.05, 4.69) is 37.9 Å². The molecule has 1 aliphatic heterocycles. The molecule has 0 radical (unpaired) electrons. The second-order valence-electron chi connectivity index (χ2n) is 6.82. The van der Waals surface area contributed by atoms with E-state index in [1.807, 2.05) is 13.8 Å². The number of rotatable bonds is 5. The third-order valence-corrected chi connectivity index (χ3v) is 3.89. The van der Waals surface area contributed by atoms with Crippen LogP contribution >= 0.6 is 0 Å². The normalized spacial score (nSPS) is 21.7. The van der Waals surface area contributed by atoms with Crippen molar-refractivity contribution < 1.29 is 9.53 Å². The fraction of sp³-hybridized carbons (Fsp3) is 0.933. The van der Waals surface area contributed by atoms with E-state index in [1.54, 1.807) is 0 Å². The van der Waals surface area contributed by atoms with Gasteiger partial charge in [-0.3, -0.25) is 9.69 Å². The molecule has 4 heteroatoms. The standard InChI is InChI=1S/C15H30N2O2/c1-11(2)13(16-14(18)12(3)4)9-17-7-8-19-10-15(17,5)6/h11-13H,7-10H2,1-6H3,(H,16,18)/t13-/m0/s1. The van der Waals surface area contributed by atoms with Crippen molar-refractivity contribution in [1.29, 1.82) is 0 Å². The maximum Gasteiger partial charge on any atom is 0.222 e. The van der Waals surface area contributed by atoms with Crippen LogP contribution in [0.15, 0.2) is 0 Å². The van der Waals surface area contributed by atoms with Gasteiger partial charge in [0.2, 0.25) is 5.91 Å². The molecule has 0 bridgehead atoms. The molecule has 19 heavy (non-hydrogen) atoms. The van der Waals surface area contributed by atoms with Crippen molar-refractivity contribution in [2.45, 2.75) is 53.1 Å². The predicted octanol–water partition coefficient (Wildman–Crippen LogP) is 1.89. The number of nitrogens with one attached hydrogen (secondary N) is 1. The fourth-order valence-electron chi connectivity index (χ4n) is 2.24. The van der Waals surface area contributed by atoms with Gasteiger partial charge in [0, 0.05) is 30.6 Å². The summed E-state index contributed by atoms with van der Waals surface area (Å²) in [5.41, 5.74) is 0.0496. The highest BCUT2D eigenvalue weighted by Gasteiger charge is 2.33. The van der Waals surface area contributed by atoms with Crippen molar-refractivity contribution in [3.05, 3.63) is 0 Å². The summed E-state index contributed by atoms with van der Waals surface area (Å²) < 4.78 is 5.55. The van der Waals surface area contributed by atoms with Gasteiger partial charge in [0.15, 0.2) is 0 Å². The molecule has 0 unspecified atom stereocenters. The predicted molar refractivity (Wildman–Crippen MR) is 78.1 cm³/mol. The number of morpholine rings is 1. The molecule has 0 aromatic carbocycles. The van der Waals surface area contributed by atoms with Crippen molar-refractivity contribution >= 4 is 5.91 Å². The van der Waals surface area contributed by atoms with E-state index in [0.717, 1.165) is 26.3 Å². The molecule has 1 fully saturated rings. The summed E-state index contributed by atoms with van der Waals surface area (Å²) in [5, 5.41) is 3.18. The lowest BCUT2D eigenvalue weighted by atomic mass is 9.97. The third kappa shape index (κ3) is 4.77. The Morgan fingerprint density at radius 2 is 1.95 bits per heavy atom. The average molecular weight is 270 g/mol. The van der Waals surface area contributed by atoms with Gasteiger partial charge in [0.05, 0.1) is 13.2 Å². The van der Waals surface area contributed by atoms with E-state index in [1.165, 1.54) is 0 Å².